The maximum atomic E-state index is 11.8. The summed E-state index contributed by atoms with van der Waals surface area (Å²) in [6.07, 6.45) is 4.57. The van der Waals surface area contributed by atoms with Crippen LogP contribution in [0.2, 0.25) is 10.0 Å². The van der Waals surface area contributed by atoms with Gasteiger partial charge < -0.3 is 0 Å². The van der Waals surface area contributed by atoms with Crippen LogP contribution >= 0.6 is 23.2 Å². The summed E-state index contributed by atoms with van der Waals surface area (Å²) < 4.78 is 1.66. The number of fused-ring (bicyclic) bond motifs is 1. The van der Waals surface area contributed by atoms with E-state index in [0.29, 0.717) is 39.7 Å². The molecule has 0 aliphatic heterocycles. The van der Waals surface area contributed by atoms with Gasteiger partial charge in [0.2, 0.25) is 0 Å². The highest BCUT2D eigenvalue weighted by Crippen LogP contribution is 2.32. The Morgan fingerprint density at radius 3 is 2.83 bits per heavy atom. The van der Waals surface area contributed by atoms with Crippen molar-refractivity contribution < 1.29 is 4.79 Å². The Labute approximate surface area is 177 Å². The van der Waals surface area contributed by atoms with Crippen molar-refractivity contribution in [3.63, 3.8) is 0 Å². The second-order valence-electron chi connectivity index (χ2n) is 7.18. The fourth-order valence-corrected chi connectivity index (χ4v) is 4.11. The van der Waals surface area contributed by atoms with Crippen molar-refractivity contribution in [1.82, 2.24) is 19.7 Å². The van der Waals surface area contributed by atoms with Crippen LogP contribution in [0.3, 0.4) is 0 Å². The Balaban J connectivity index is 1.84. The van der Waals surface area contributed by atoms with Crippen LogP contribution in [0.4, 0.5) is 0 Å². The Kier molecular flexibility index (Phi) is 5.12. The third-order valence-corrected chi connectivity index (χ3v) is 5.81. The molecule has 0 N–H and O–H groups in total. The van der Waals surface area contributed by atoms with E-state index < -0.39 is 0 Å². The van der Waals surface area contributed by atoms with Crippen molar-refractivity contribution in [2.75, 3.05) is 0 Å². The number of ketones is 1. The van der Waals surface area contributed by atoms with Gasteiger partial charge in [-0.25, -0.2) is 14.6 Å². The molecule has 2 atom stereocenters. The second kappa shape index (κ2) is 7.58. The van der Waals surface area contributed by atoms with Crippen LogP contribution in [-0.4, -0.2) is 25.5 Å². The fraction of sp³-hybridized carbons (Fsp3) is 0.286. The van der Waals surface area contributed by atoms with Crippen LogP contribution < -0.4 is 0 Å². The van der Waals surface area contributed by atoms with Crippen LogP contribution in [-0.2, 0) is 4.79 Å². The van der Waals surface area contributed by atoms with E-state index in [9.17, 15) is 10.1 Å². The first kappa shape index (κ1) is 19.6. The zero-order valence-electron chi connectivity index (χ0n) is 15.9. The number of nitrogens with zero attached hydrogens (tertiary/aromatic N) is 5. The van der Waals surface area contributed by atoms with Crippen LogP contribution in [0.1, 0.15) is 49.7 Å². The maximum absolute atomic E-state index is 11.8. The van der Waals surface area contributed by atoms with Crippen LogP contribution in [0.25, 0.3) is 16.7 Å². The average molecular weight is 426 g/mol. The third-order valence-electron chi connectivity index (χ3n) is 5.24. The molecule has 1 aliphatic rings. The molecule has 0 radical (unpaired) electrons. The number of aromatic nitrogens is 4. The smallest absolute Gasteiger partial charge is 0.190 e. The van der Waals surface area contributed by atoms with Gasteiger partial charge >= 0.3 is 0 Å². The molecular weight excluding hydrogens is 409 g/mol. The van der Waals surface area contributed by atoms with Crippen molar-refractivity contribution in [3.8, 4) is 6.07 Å². The molecule has 1 aromatic carbocycles. The Morgan fingerprint density at radius 1 is 1.34 bits per heavy atom. The van der Waals surface area contributed by atoms with Gasteiger partial charge in [-0.2, -0.15) is 10.4 Å². The molecule has 8 heteroatoms. The largest absolute Gasteiger partial charge is 0.299 e. The number of Topliss-reactive ketones (excluding diaryl/α,β-unsaturated/α-hetero) is 1. The van der Waals surface area contributed by atoms with Gasteiger partial charge in [0.25, 0.3) is 0 Å². The summed E-state index contributed by atoms with van der Waals surface area (Å²) >= 11 is 12.4. The summed E-state index contributed by atoms with van der Waals surface area (Å²) in [5.74, 6) is 0.185. The van der Waals surface area contributed by atoms with Gasteiger partial charge in [0, 0.05) is 22.4 Å². The number of carbonyl (C=O) groups is 1. The van der Waals surface area contributed by atoms with Crippen molar-refractivity contribution in [1.29, 1.82) is 5.26 Å². The standard InChI is InChI=1S/C21H17Cl2N5O/c1-11-7-13(3-6-19(11)29)18-10-25-20-17(9-24)27-28(21(20)26-18)12(2)15-5-4-14(22)8-16(15)23/h3-5,8,10-12H,6-7H2,1-2H3/t11?,12-/m1/s1. The number of allylic oxidation sites excluding steroid dienone is 2. The molecule has 4 rings (SSSR count). The summed E-state index contributed by atoms with van der Waals surface area (Å²) in [6.45, 7) is 3.85. The number of hydrogen-bond acceptors (Lipinski definition) is 5. The van der Waals surface area contributed by atoms with Gasteiger partial charge in [-0.1, -0.05) is 42.3 Å². The van der Waals surface area contributed by atoms with Gasteiger partial charge in [0.15, 0.2) is 11.3 Å². The van der Waals surface area contributed by atoms with E-state index in [1.165, 1.54) is 0 Å². The molecule has 6 nitrogen and oxygen atoms in total. The van der Waals surface area contributed by atoms with Crippen LogP contribution in [0.5, 0.6) is 0 Å². The number of rotatable bonds is 3. The Bertz CT molecular complexity index is 1210. The summed E-state index contributed by atoms with van der Waals surface area (Å²) in [5.41, 5.74) is 3.63. The molecule has 3 aromatic rings. The highest BCUT2D eigenvalue weighted by Gasteiger charge is 2.24. The number of benzene rings is 1. The Hall–Kier alpha value is -2.75. The molecule has 0 fully saturated rings. The van der Waals surface area contributed by atoms with Gasteiger partial charge in [-0.05, 0) is 36.6 Å². The molecular formula is C21H17Cl2N5O. The van der Waals surface area contributed by atoms with E-state index in [0.717, 1.165) is 11.1 Å². The maximum Gasteiger partial charge on any atom is 0.190 e. The molecule has 0 saturated heterocycles. The van der Waals surface area contributed by atoms with E-state index in [-0.39, 0.29) is 23.4 Å². The third kappa shape index (κ3) is 3.52. The van der Waals surface area contributed by atoms with Gasteiger partial charge in [0.05, 0.1) is 17.9 Å². The zero-order valence-corrected chi connectivity index (χ0v) is 17.4. The minimum Gasteiger partial charge on any atom is -0.299 e. The SMILES string of the molecule is CC1CC(c2cnc3c(C#N)nn([C@H](C)c4ccc(Cl)cc4Cl)c3n2)=CCC1=O. The van der Waals surface area contributed by atoms with E-state index in [2.05, 4.69) is 16.2 Å². The van der Waals surface area contributed by atoms with Gasteiger partial charge in [-0.3, -0.25) is 4.79 Å². The number of nitriles is 1. The minimum absolute atomic E-state index is 0.0427. The normalized spacial score (nSPS) is 17.8. The van der Waals surface area contributed by atoms with E-state index >= 15 is 0 Å². The van der Waals surface area contributed by atoms with Crippen LogP contribution in [0.15, 0.2) is 30.5 Å². The first-order chi connectivity index (χ1) is 13.9. The van der Waals surface area contributed by atoms with E-state index in [1.54, 1.807) is 23.0 Å². The quantitative estimate of drug-likeness (QED) is 0.589. The molecule has 1 unspecified atom stereocenters. The van der Waals surface area contributed by atoms with Crippen LogP contribution in [0, 0.1) is 17.2 Å². The lowest BCUT2D eigenvalue weighted by Crippen LogP contribution is -2.15. The van der Waals surface area contributed by atoms with Crippen molar-refractivity contribution >= 4 is 45.7 Å². The van der Waals surface area contributed by atoms with Crippen molar-refractivity contribution in [3.05, 3.63) is 57.5 Å². The lowest BCUT2D eigenvalue weighted by molar-refractivity contribution is -0.121. The predicted octanol–water partition coefficient (Wildman–Crippen LogP) is 5.00. The lowest BCUT2D eigenvalue weighted by Gasteiger charge is -2.18. The number of halogens is 2. The summed E-state index contributed by atoms with van der Waals surface area (Å²) in [7, 11) is 0. The summed E-state index contributed by atoms with van der Waals surface area (Å²) in [5, 5.41) is 15.0. The average Bonchev–Trinajstić information content (AvgIpc) is 3.07. The first-order valence-corrected chi connectivity index (χ1v) is 9.97. The monoisotopic (exact) mass is 425 g/mol. The molecule has 0 spiro atoms. The molecule has 29 heavy (non-hydrogen) atoms. The van der Waals surface area contributed by atoms with Crippen molar-refractivity contribution in [2.24, 2.45) is 5.92 Å². The lowest BCUT2D eigenvalue weighted by atomic mass is 9.88. The summed E-state index contributed by atoms with van der Waals surface area (Å²) in [4.78, 5) is 21.0. The second-order valence-corrected chi connectivity index (χ2v) is 8.02. The fourth-order valence-electron chi connectivity index (χ4n) is 3.54. The molecule has 0 bridgehead atoms. The molecule has 0 amide bonds. The van der Waals surface area contributed by atoms with E-state index in [4.69, 9.17) is 28.2 Å². The van der Waals surface area contributed by atoms with E-state index in [1.807, 2.05) is 26.0 Å². The first-order valence-electron chi connectivity index (χ1n) is 9.21. The number of carbonyl (C=O) groups excluding carboxylic acids is 1. The summed E-state index contributed by atoms with van der Waals surface area (Å²) in [6, 6.07) is 7.08. The highest BCUT2D eigenvalue weighted by molar-refractivity contribution is 6.35. The molecule has 2 heterocycles. The highest BCUT2D eigenvalue weighted by atomic mass is 35.5. The minimum atomic E-state index is -0.283. The van der Waals surface area contributed by atoms with Gasteiger partial charge in [0.1, 0.15) is 17.4 Å². The molecule has 1 aliphatic carbocycles. The van der Waals surface area contributed by atoms with Gasteiger partial charge in [-0.15, -0.1) is 0 Å². The zero-order chi connectivity index (χ0) is 20.7. The molecule has 0 saturated carbocycles. The predicted molar refractivity (Wildman–Crippen MR) is 112 cm³/mol. The number of hydrogen-bond donors (Lipinski definition) is 0. The molecule has 2 aromatic heterocycles. The molecule has 146 valence electrons. The Morgan fingerprint density at radius 2 is 2.14 bits per heavy atom. The topological polar surface area (TPSA) is 84.5 Å². The van der Waals surface area contributed by atoms with Crippen molar-refractivity contribution in [2.45, 2.75) is 32.7 Å².